The molecule has 0 radical (unpaired) electrons. The molecule has 0 spiro atoms. The number of anilines is 1. The average molecular weight is 312 g/mol. The number of carboxylic acids is 1. The van der Waals surface area contributed by atoms with Crippen molar-refractivity contribution in [2.75, 3.05) is 18.4 Å². The van der Waals surface area contributed by atoms with Crippen LogP contribution in [0.3, 0.4) is 0 Å². The molecule has 2 aromatic carbocycles. The molecule has 0 aliphatic rings. The van der Waals surface area contributed by atoms with Crippen LogP contribution in [-0.2, 0) is 13.1 Å². The zero-order valence-corrected chi connectivity index (χ0v) is 13.7. The van der Waals surface area contributed by atoms with Crippen molar-refractivity contribution >= 4 is 11.7 Å². The normalized spacial score (nSPS) is 10.7. The number of carbonyl (C=O) groups is 1. The van der Waals surface area contributed by atoms with Gasteiger partial charge in [0.15, 0.2) is 0 Å². The number of rotatable bonds is 8. The van der Waals surface area contributed by atoms with Gasteiger partial charge in [0, 0.05) is 18.8 Å². The minimum Gasteiger partial charge on any atom is -0.478 e. The van der Waals surface area contributed by atoms with E-state index in [4.69, 9.17) is 5.11 Å². The Kier molecular flexibility index (Phi) is 6.18. The van der Waals surface area contributed by atoms with Crippen molar-refractivity contribution in [2.24, 2.45) is 0 Å². The third kappa shape index (κ3) is 5.11. The maximum absolute atomic E-state index is 10.8. The van der Waals surface area contributed by atoms with E-state index in [0.717, 1.165) is 30.9 Å². The van der Waals surface area contributed by atoms with Crippen molar-refractivity contribution in [3.05, 3.63) is 65.2 Å². The minimum absolute atomic E-state index is 0.314. The summed E-state index contributed by atoms with van der Waals surface area (Å²) in [5, 5.41) is 12.2. The standard InChI is InChI=1S/C19H24N2O2/c1-3-21(4-2)14-16-7-11-18(12-8-16)20-13-15-5-9-17(10-6-15)19(22)23/h5-12,20H,3-4,13-14H2,1-2H3,(H,22,23). The lowest BCUT2D eigenvalue weighted by Gasteiger charge is -2.18. The van der Waals surface area contributed by atoms with Crippen LogP contribution in [0.5, 0.6) is 0 Å². The molecule has 0 fully saturated rings. The van der Waals surface area contributed by atoms with Crippen molar-refractivity contribution in [2.45, 2.75) is 26.9 Å². The largest absolute Gasteiger partial charge is 0.478 e. The molecular weight excluding hydrogens is 288 g/mol. The molecule has 0 heterocycles. The molecular formula is C19H24N2O2. The minimum atomic E-state index is -0.895. The first-order chi connectivity index (χ1) is 11.1. The summed E-state index contributed by atoms with van der Waals surface area (Å²) < 4.78 is 0. The van der Waals surface area contributed by atoms with E-state index in [1.165, 1.54) is 5.56 Å². The van der Waals surface area contributed by atoms with Gasteiger partial charge in [0.1, 0.15) is 0 Å². The number of carboxylic acid groups (broad SMARTS) is 1. The Hall–Kier alpha value is -2.33. The van der Waals surface area contributed by atoms with E-state index in [1.807, 2.05) is 12.1 Å². The molecule has 4 heteroatoms. The average Bonchev–Trinajstić information content (AvgIpc) is 2.59. The van der Waals surface area contributed by atoms with E-state index in [9.17, 15) is 4.79 Å². The van der Waals surface area contributed by atoms with Crippen LogP contribution in [0, 0.1) is 0 Å². The summed E-state index contributed by atoms with van der Waals surface area (Å²) in [6, 6.07) is 15.4. The number of nitrogens with zero attached hydrogens (tertiary/aromatic N) is 1. The molecule has 0 atom stereocenters. The fourth-order valence-electron chi connectivity index (χ4n) is 2.40. The lowest BCUT2D eigenvalue weighted by molar-refractivity contribution is 0.0697. The Labute approximate surface area is 137 Å². The van der Waals surface area contributed by atoms with Crippen LogP contribution in [0.15, 0.2) is 48.5 Å². The van der Waals surface area contributed by atoms with Crippen LogP contribution in [0.1, 0.15) is 35.3 Å². The first-order valence-corrected chi connectivity index (χ1v) is 7.99. The summed E-state index contributed by atoms with van der Waals surface area (Å²) in [6.45, 7) is 8.12. The van der Waals surface area contributed by atoms with Crippen molar-refractivity contribution in [1.82, 2.24) is 4.90 Å². The summed E-state index contributed by atoms with van der Waals surface area (Å²) in [5.41, 5.74) is 3.75. The van der Waals surface area contributed by atoms with Gasteiger partial charge in [-0.25, -0.2) is 4.79 Å². The quantitative estimate of drug-likeness (QED) is 0.777. The molecule has 0 aromatic heterocycles. The van der Waals surface area contributed by atoms with Crippen molar-refractivity contribution in [3.8, 4) is 0 Å². The van der Waals surface area contributed by atoms with E-state index in [0.29, 0.717) is 12.1 Å². The number of nitrogens with one attached hydrogen (secondary N) is 1. The summed E-state index contributed by atoms with van der Waals surface area (Å²) in [4.78, 5) is 13.2. The lowest BCUT2D eigenvalue weighted by Crippen LogP contribution is -2.21. The van der Waals surface area contributed by atoms with Crippen molar-refractivity contribution < 1.29 is 9.90 Å². The summed E-state index contributed by atoms with van der Waals surface area (Å²) in [6.07, 6.45) is 0. The van der Waals surface area contributed by atoms with Crippen LogP contribution in [0.4, 0.5) is 5.69 Å². The Morgan fingerprint density at radius 1 is 0.957 bits per heavy atom. The predicted octanol–water partition coefficient (Wildman–Crippen LogP) is 3.84. The van der Waals surface area contributed by atoms with Gasteiger partial charge >= 0.3 is 5.97 Å². The zero-order valence-electron chi connectivity index (χ0n) is 13.7. The van der Waals surface area contributed by atoms with Gasteiger partial charge in [-0.15, -0.1) is 0 Å². The fraction of sp³-hybridized carbons (Fsp3) is 0.316. The van der Waals surface area contributed by atoms with E-state index >= 15 is 0 Å². The highest BCUT2D eigenvalue weighted by atomic mass is 16.4. The second-order valence-corrected chi connectivity index (χ2v) is 5.51. The second-order valence-electron chi connectivity index (χ2n) is 5.51. The first kappa shape index (κ1) is 17.0. The molecule has 0 aliphatic carbocycles. The number of aromatic carboxylic acids is 1. The summed E-state index contributed by atoms with van der Waals surface area (Å²) in [5.74, 6) is -0.895. The SMILES string of the molecule is CCN(CC)Cc1ccc(NCc2ccc(C(=O)O)cc2)cc1. The highest BCUT2D eigenvalue weighted by Crippen LogP contribution is 2.13. The molecule has 0 saturated carbocycles. The van der Waals surface area contributed by atoms with Crippen LogP contribution < -0.4 is 5.32 Å². The molecule has 2 N–H and O–H groups in total. The van der Waals surface area contributed by atoms with Gasteiger partial charge in [-0.2, -0.15) is 0 Å². The van der Waals surface area contributed by atoms with Gasteiger partial charge in [0.05, 0.1) is 5.56 Å². The number of hydrogen-bond acceptors (Lipinski definition) is 3. The maximum atomic E-state index is 10.8. The Morgan fingerprint density at radius 3 is 2.04 bits per heavy atom. The molecule has 0 amide bonds. The molecule has 0 saturated heterocycles. The molecule has 2 rings (SSSR count). The smallest absolute Gasteiger partial charge is 0.335 e. The Balaban J connectivity index is 1.89. The van der Waals surface area contributed by atoms with E-state index < -0.39 is 5.97 Å². The van der Waals surface area contributed by atoms with Gasteiger partial charge in [-0.3, -0.25) is 4.90 Å². The van der Waals surface area contributed by atoms with Gasteiger partial charge in [-0.1, -0.05) is 38.1 Å². The zero-order chi connectivity index (χ0) is 16.7. The number of benzene rings is 2. The van der Waals surface area contributed by atoms with Gasteiger partial charge in [0.2, 0.25) is 0 Å². The topological polar surface area (TPSA) is 52.6 Å². The molecule has 0 aliphatic heterocycles. The Bertz CT molecular complexity index is 617. The van der Waals surface area contributed by atoms with E-state index in [-0.39, 0.29) is 0 Å². The second kappa shape index (κ2) is 8.34. The van der Waals surface area contributed by atoms with Gasteiger partial charge in [-0.05, 0) is 48.5 Å². The summed E-state index contributed by atoms with van der Waals surface area (Å²) >= 11 is 0. The monoisotopic (exact) mass is 312 g/mol. The molecule has 0 unspecified atom stereocenters. The molecule has 23 heavy (non-hydrogen) atoms. The van der Waals surface area contributed by atoms with Crippen molar-refractivity contribution in [3.63, 3.8) is 0 Å². The van der Waals surface area contributed by atoms with Crippen LogP contribution in [-0.4, -0.2) is 29.1 Å². The first-order valence-electron chi connectivity index (χ1n) is 7.99. The van der Waals surface area contributed by atoms with Gasteiger partial charge in [0.25, 0.3) is 0 Å². The fourth-order valence-corrected chi connectivity index (χ4v) is 2.40. The number of hydrogen-bond donors (Lipinski definition) is 2. The van der Waals surface area contributed by atoms with E-state index in [1.54, 1.807) is 12.1 Å². The highest BCUT2D eigenvalue weighted by Gasteiger charge is 2.03. The van der Waals surface area contributed by atoms with Crippen molar-refractivity contribution in [1.29, 1.82) is 0 Å². The van der Waals surface area contributed by atoms with Crippen LogP contribution in [0.2, 0.25) is 0 Å². The lowest BCUT2D eigenvalue weighted by atomic mass is 10.1. The maximum Gasteiger partial charge on any atom is 0.335 e. The Morgan fingerprint density at radius 2 is 1.52 bits per heavy atom. The van der Waals surface area contributed by atoms with E-state index in [2.05, 4.69) is 48.3 Å². The third-order valence-electron chi connectivity index (χ3n) is 3.95. The third-order valence-corrected chi connectivity index (χ3v) is 3.95. The van der Waals surface area contributed by atoms with Gasteiger partial charge < -0.3 is 10.4 Å². The van der Waals surface area contributed by atoms with Crippen LogP contribution >= 0.6 is 0 Å². The summed E-state index contributed by atoms with van der Waals surface area (Å²) in [7, 11) is 0. The molecule has 0 bridgehead atoms. The predicted molar refractivity (Wildman–Crippen MR) is 93.8 cm³/mol. The highest BCUT2D eigenvalue weighted by molar-refractivity contribution is 5.87. The molecule has 122 valence electrons. The van der Waals surface area contributed by atoms with Crippen LogP contribution in [0.25, 0.3) is 0 Å². The molecule has 4 nitrogen and oxygen atoms in total. The molecule has 2 aromatic rings.